The first-order valence-electron chi connectivity index (χ1n) is 9.93. The van der Waals surface area contributed by atoms with Crippen molar-refractivity contribution >= 4 is 35.6 Å². The summed E-state index contributed by atoms with van der Waals surface area (Å²) in [6.45, 7) is 8.16. The van der Waals surface area contributed by atoms with E-state index in [0.29, 0.717) is 24.7 Å². The number of rotatable bonds is 6. The highest BCUT2D eigenvalue weighted by Gasteiger charge is 2.18. The van der Waals surface area contributed by atoms with Crippen LogP contribution in [-0.2, 0) is 13.1 Å². The van der Waals surface area contributed by atoms with E-state index in [0.717, 1.165) is 38.3 Å². The van der Waals surface area contributed by atoms with Crippen molar-refractivity contribution in [1.82, 2.24) is 15.5 Å². The number of halogens is 2. The molecule has 0 bridgehead atoms. The Morgan fingerprint density at radius 2 is 1.62 bits per heavy atom. The molecule has 29 heavy (non-hydrogen) atoms. The van der Waals surface area contributed by atoms with E-state index in [-0.39, 0.29) is 29.8 Å². The van der Waals surface area contributed by atoms with Gasteiger partial charge in [0.15, 0.2) is 5.96 Å². The second kappa shape index (κ2) is 12.0. The number of anilines is 1. The quantitative estimate of drug-likeness (QED) is 0.355. The van der Waals surface area contributed by atoms with Crippen molar-refractivity contribution in [3.05, 3.63) is 65.5 Å². The topological polar surface area (TPSA) is 42.9 Å². The van der Waals surface area contributed by atoms with Gasteiger partial charge < -0.3 is 20.4 Å². The summed E-state index contributed by atoms with van der Waals surface area (Å²) in [6, 6.07) is 15.7. The van der Waals surface area contributed by atoms with Crippen molar-refractivity contribution in [2.45, 2.75) is 20.0 Å². The summed E-state index contributed by atoms with van der Waals surface area (Å²) in [5, 5.41) is 6.52. The molecule has 2 N–H and O–H groups in total. The van der Waals surface area contributed by atoms with Gasteiger partial charge in [0.1, 0.15) is 5.82 Å². The van der Waals surface area contributed by atoms with Gasteiger partial charge in [-0.2, -0.15) is 0 Å². The molecule has 0 spiro atoms. The molecule has 0 unspecified atom stereocenters. The van der Waals surface area contributed by atoms with Crippen LogP contribution in [0.1, 0.15) is 18.1 Å². The average Bonchev–Trinajstić information content (AvgIpc) is 2.75. The van der Waals surface area contributed by atoms with Crippen LogP contribution in [0.5, 0.6) is 0 Å². The van der Waals surface area contributed by atoms with Crippen molar-refractivity contribution in [1.29, 1.82) is 0 Å². The van der Waals surface area contributed by atoms with Crippen LogP contribution in [0.3, 0.4) is 0 Å². The van der Waals surface area contributed by atoms with Gasteiger partial charge in [0, 0.05) is 46.3 Å². The fourth-order valence-electron chi connectivity index (χ4n) is 3.41. The van der Waals surface area contributed by atoms with Gasteiger partial charge in [-0.1, -0.05) is 43.3 Å². The lowest BCUT2D eigenvalue weighted by molar-refractivity contribution is 0.270. The van der Waals surface area contributed by atoms with Crippen LogP contribution >= 0.6 is 24.0 Å². The van der Waals surface area contributed by atoms with E-state index in [4.69, 9.17) is 0 Å². The van der Waals surface area contributed by atoms with E-state index < -0.39 is 0 Å². The van der Waals surface area contributed by atoms with E-state index in [2.05, 4.69) is 44.5 Å². The predicted octanol–water partition coefficient (Wildman–Crippen LogP) is 3.45. The second-order valence-electron chi connectivity index (χ2n) is 6.97. The fraction of sp³-hybridized carbons (Fsp3) is 0.409. The summed E-state index contributed by atoms with van der Waals surface area (Å²) in [5.74, 6) is 0.542. The maximum Gasteiger partial charge on any atom is 0.191 e. The Hall–Kier alpha value is -1.87. The number of likely N-dealkylation sites (N-methyl/N-ethyl adjacent to an activating group) is 1. The van der Waals surface area contributed by atoms with Crippen LogP contribution in [0.15, 0.2) is 53.5 Å². The molecule has 2 aromatic rings. The predicted molar refractivity (Wildman–Crippen MR) is 130 cm³/mol. The molecule has 2 aromatic carbocycles. The van der Waals surface area contributed by atoms with Gasteiger partial charge in [-0.25, -0.2) is 4.39 Å². The number of nitrogens with zero attached hydrogens (tertiary/aromatic N) is 3. The largest absolute Gasteiger partial charge is 0.367 e. The Balaban J connectivity index is 0.00000300. The normalized spacial score (nSPS) is 15.0. The lowest BCUT2D eigenvalue weighted by atomic mass is 10.1. The van der Waals surface area contributed by atoms with Crippen molar-refractivity contribution in [2.24, 2.45) is 4.99 Å². The Labute approximate surface area is 190 Å². The van der Waals surface area contributed by atoms with E-state index in [1.807, 2.05) is 30.3 Å². The zero-order chi connectivity index (χ0) is 19.8. The smallest absolute Gasteiger partial charge is 0.191 e. The molecule has 0 atom stereocenters. The minimum atomic E-state index is -0.156. The third-order valence-electron chi connectivity index (χ3n) is 5.16. The second-order valence-corrected chi connectivity index (χ2v) is 6.97. The number of guanidine groups is 1. The van der Waals surface area contributed by atoms with Gasteiger partial charge in [-0.05, 0) is 29.8 Å². The highest BCUT2D eigenvalue weighted by atomic mass is 127. The molecule has 1 heterocycles. The number of hydrogen-bond donors (Lipinski definition) is 2. The third kappa shape index (κ3) is 6.85. The number of hydrogen-bond acceptors (Lipinski definition) is 3. The summed E-state index contributed by atoms with van der Waals surface area (Å²) in [5.41, 5.74) is 2.78. The van der Waals surface area contributed by atoms with Crippen LogP contribution in [0, 0.1) is 5.82 Å². The van der Waals surface area contributed by atoms with Gasteiger partial charge in [0.05, 0.1) is 5.69 Å². The average molecular weight is 511 g/mol. The Morgan fingerprint density at radius 1 is 0.966 bits per heavy atom. The molecule has 0 saturated carbocycles. The Morgan fingerprint density at radius 3 is 2.21 bits per heavy atom. The van der Waals surface area contributed by atoms with E-state index in [1.54, 1.807) is 13.1 Å². The Bertz CT molecular complexity index is 776. The third-order valence-corrected chi connectivity index (χ3v) is 5.16. The fourth-order valence-corrected chi connectivity index (χ4v) is 3.41. The molecule has 1 aliphatic rings. The molecule has 0 aromatic heterocycles. The molecule has 5 nitrogen and oxygen atoms in total. The summed E-state index contributed by atoms with van der Waals surface area (Å²) in [4.78, 5) is 8.76. The van der Waals surface area contributed by atoms with Crippen LogP contribution in [0.4, 0.5) is 10.1 Å². The maximum absolute atomic E-state index is 14.7. The Kier molecular flexibility index (Phi) is 9.66. The lowest BCUT2D eigenvalue weighted by Gasteiger charge is -2.35. The summed E-state index contributed by atoms with van der Waals surface area (Å²) >= 11 is 0. The molecule has 0 amide bonds. The number of benzene rings is 2. The number of aliphatic imine (C=N–C) groups is 1. The lowest BCUT2D eigenvalue weighted by Crippen LogP contribution is -2.46. The monoisotopic (exact) mass is 511 g/mol. The highest BCUT2D eigenvalue weighted by molar-refractivity contribution is 14.0. The van der Waals surface area contributed by atoms with E-state index in [1.165, 1.54) is 5.56 Å². The van der Waals surface area contributed by atoms with Crippen LogP contribution in [0.2, 0.25) is 0 Å². The van der Waals surface area contributed by atoms with E-state index >= 15 is 0 Å². The summed E-state index contributed by atoms with van der Waals surface area (Å²) in [6.07, 6.45) is 0. The van der Waals surface area contributed by atoms with Gasteiger partial charge in [-0.3, -0.25) is 4.99 Å². The molecule has 3 rings (SSSR count). The molecule has 1 saturated heterocycles. The van der Waals surface area contributed by atoms with Gasteiger partial charge in [0.25, 0.3) is 0 Å². The molecule has 0 radical (unpaired) electrons. The van der Waals surface area contributed by atoms with Crippen LogP contribution < -0.4 is 15.5 Å². The minimum absolute atomic E-state index is 0. The molecule has 0 aliphatic carbocycles. The zero-order valence-corrected chi connectivity index (χ0v) is 19.5. The first kappa shape index (κ1) is 23.4. The van der Waals surface area contributed by atoms with Gasteiger partial charge in [-0.15, -0.1) is 24.0 Å². The van der Waals surface area contributed by atoms with Gasteiger partial charge in [0.2, 0.25) is 0 Å². The number of piperazine rings is 1. The molecule has 1 fully saturated rings. The molecular weight excluding hydrogens is 480 g/mol. The van der Waals surface area contributed by atoms with Crippen molar-refractivity contribution in [3.63, 3.8) is 0 Å². The zero-order valence-electron chi connectivity index (χ0n) is 17.2. The molecular formula is C22H31FIN5. The van der Waals surface area contributed by atoms with E-state index in [9.17, 15) is 4.39 Å². The first-order chi connectivity index (χ1) is 13.7. The SMILES string of the molecule is CCN1CCN(c2ccc(CNC(=NC)NCc3ccccc3)cc2F)CC1.I. The first-order valence-corrected chi connectivity index (χ1v) is 9.93. The van der Waals surface area contributed by atoms with Crippen LogP contribution in [-0.4, -0.2) is 50.6 Å². The standard InChI is InChI=1S/C22H30FN5.HI/c1-3-27-11-13-28(14-12-27)21-10-9-19(15-20(21)23)17-26-22(24-2)25-16-18-7-5-4-6-8-18;/h4-10,15H,3,11-14,16-17H2,1-2H3,(H2,24,25,26);1H. The highest BCUT2D eigenvalue weighted by Crippen LogP contribution is 2.22. The van der Waals surface area contributed by atoms with Crippen molar-refractivity contribution in [2.75, 3.05) is 44.7 Å². The summed E-state index contributed by atoms with van der Waals surface area (Å²) < 4.78 is 14.7. The van der Waals surface area contributed by atoms with Gasteiger partial charge >= 0.3 is 0 Å². The van der Waals surface area contributed by atoms with Crippen LogP contribution in [0.25, 0.3) is 0 Å². The van der Waals surface area contributed by atoms with Crippen molar-refractivity contribution < 1.29 is 4.39 Å². The van der Waals surface area contributed by atoms with Crippen molar-refractivity contribution in [3.8, 4) is 0 Å². The minimum Gasteiger partial charge on any atom is -0.367 e. The maximum atomic E-state index is 14.7. The molecule has 7 heteroatoms. The number of nitrogens with one attached hydrogen (secondary N) is 2. The molecule has 158 valence electrons. The molecule has 1 aliphatic heterocycles. The summed E-state index contributed by atoms with van der Waals surface area (Å²) in [7, 11) is 1.74.